The lowest BCUT2D eigenvalue weighted by molar-refractivity contribution is -0.123. The van der Waals surface area contributed by atoms with Gasteiger partial charge in [-0.15, -0.1) is 5.10 Å². The van der Waals surface area contributed by atoms with Crippen molar-refractivity contribution < 1.29 is 28.2 Å². The van der Waals surface area contributed by atoms with Gasteiger partial charge in [0.05, 0.1) is 30.6 Å². The Morgan fingerprint density at radius 2 is 1.93 bits per heavy atom. The summed E-state index contributed by atoms with van der Waals surface area (Å²) < 4.78 is 27.1. The van der Waals surface area contributed by atoms with E-state index in [2.05, 4.69) is 31.1 Å². The molecule has 2 bridgehead atoms. The third-order valence-corrected chi connectivity index (χ3v) is 7.48. The molecule has 0 unspecified atom stereocenters. The maximum atomic E-state index is 14.2. The zero-order valence-corrected chi connectivity index (χ0v) is 26.0. The summed E-state index contributed by atoms with van der Waals surface area (Å²) in [5.74, 6) is -1.11. The number of ether oxygens (including phenoxy) is 2. The van der Waals surface area contributed by atoms with Gasteiger partial charge in [0.2, 0.25) is 5.91 Å². The maximum absolute atomic E-state index is 14.2. The van der Waals surface area contributed by atoms with E-state index < -0.39 is 23.7 Å². The smallest absolute Gasteiger partial charge is 0.271 e. The summed E-state index contributed by atoms with van der Waals surface area (Å²) in [4.78, 5) is 42.0. The second-order valence-corrected chi connectivity index (χ2v) is 11.3. The molecule has 1 aliphatic rings. The molecule has 14 heteroatoms. The molecule has 242 valence electrons. The Balaban J connectivity index is 1.38. The fraction of sp³-hybridized carbons (Fsp3) is 0.375. The van der Waals surface area contributed by atoms with E-state index in [-0.39, 0.29) is 55.1 Å². The number of hydrogen-bond donors (Lipinski definition) is 3. The molecule has 4 aromatic rings. The fourth-order valence-electron chi connectivity index (χ4n) is 5.15. The van der Waals surface area contributed by atoms with Crippen LogP contribution in [0, 0.1) is 11.7 Å². The van der Waals surface area contributed by atoms with Crippen LogP contribution in [0.1, 0.15) is 46.8 Å². The molecule has 0 aliphatic carbocycles. The lowest BCUT2D eigenvalue weighted by Crippen LogP contribution is -2.49. The summed E-state index contributed by atoms with van der Waals surface area (Å²) in [6.45, 7) is 4.88. The summed E-state index contributed by atoms with van der Waals surface area (Å²) in [5.41, 5.74) is 2.18. The molecule has 0 fully saturated rings. The van der Waals surface area contributed by atoms with Gasteiger partial charge in [-0.1, -0.05) is 31.2 Å². The van der Waals surface area contributed by atoms with Gasteiger partial charge in [0, 0.05) is 37.8 Å². The Bertz CT molecular complexity index is 1690. The number of fused-ring (bicyclic) bond motifs is 3. The molecule has 5 rings (SSSR count). The molecule has 0 radical (unpaired) electrons. The van der Waals surface area contributed by atoms with Crippen LogP contribution in [0.25, 0.3) is 11.3 Å². The van der Waals surface area contributed by atoms with Gasteiger partial charge in [-0.3, -0.25) is 19.5 Å². The Morgan fingerprint density at radius 3 is 2.74 bits per heavy atom. The highest BCUT2D eigenvalue weighted by Gasteiger charge is 2.26. The van der Waals surface area contributed by atoms with Gasteiger partial charge < -0.3 is 25.0 Å². The molecule has 13 nitrogen and oxygen atoms in total. The number of nitrogens with zero attached hydrogens (tertiary/aromatic N) is 5. The summed E-state index contributed by atoms with van der Waals surface area (Å²) in [7, 11) is 1.57. The Morgan fingerprint density at radius 1 is 1.11 bits per heavy atom. The van der Waals surface area contributed by atoms with E-state index in [1.165, 1.54) is 12.1 Å². The summed E-state index contributed by atoms with van der Waals surface area (Å²) in [6.07, 6.45) is 2.50. The van der Waals surface area contributed by atoms with Crippen molar-refractivity contribution in [1.29, 1.82) is 0 Å². The number of para-hydroxylation sites is 1. The van der Waals surface area contributed by atoms with Crippen molar-refractivity contribution in [2.45, 2.75) is 39.3 Å². The lowest BCUT2D eigenvalue weighted by atomic mass is 10.0. The highest BCUT2D eigenvalue weighted by atomic mass is 19.1. The largest absolute Gasteiger partial charge is 0.496 e. The maximum Gasteiger partial charge on any atom is 0.271 e. The normalized spacial score (nSPS) is 16.5. The van der Waals surface area contributed by atoms with Crippen molar-refractivity contribution in [3.8, 4) is 22.8 Å². The van der Waals surface area contributed by atoms with Crippen LogP contribution >= 0.6 is 0 Å². The van der Waals surface area contributed by atoms with Crippen molar-refractivity contribution in [3.05, 3.63) is 77.5 Å². The first kappa shape index (κ1) is 32.1. The molecule has 2 aromatic carbocycles. The van der Waals surface area contributed by atoms with Crippen LogP contribution in [0.15, 0.2) is 54.7 Å². The van der Waals surface area contributed by atoms with E-state index in [1.54, 1.807) is 29.0 Å². The third kappa shape index (κ3) is 7.86. The van der Waals surface area contributed by atoms with Crippen LogP contribution in [0.3, 0.4) is 0 Å². The predicted molar refractivity (Wildman–Crippen MR) is 166 cm³/mol. The SMILES string of the molecule is COc1ccccc1-c1cc(C(=O)N2CCNC(=O)[C@@H](CC(C)C)NC(=O)c3cc(F)ccc3OCCn3cc(nn3)CC2)[nH]n1. The number of H-pyrrole nitrogens is 1. The van der Waals surface area contributed by atoms with Crippen LogP contribution in [0.5, 0.6) is 11.5 Å². The molecular formula is C32H37FN8O5. The van der Waals surface area contributed by atoms with Gasteiger partial charge in [0.1, 0.15) is 35.7 Å². The third-order valence-electron chi connectivity index (χ3n) is 7.48. The van der Waals surface area contributed by atoms with Crippen LogP contribution in [-0.2, 0) is 17.8 Å². The van der Waals surface area contributed by atoms with Gasteiger partial charge in [-0.25, -0.2) is 9.07 Å². The number of amides is 3. The molecule has 3 N–H and O–H groups in total. The Hall–Kier alpha value is -5.27. The van der Waals surface area contributed by atoms with Crippen molar-refractivity contribution in [2.75, 3.05) is 33.4 Å². The number of carbonyl (C=O) groups excluding carboxylic acids is 3. The van der Waals surface area contributed by atoms with E-state index in [4.69, 9.17) is 9.47 Å². The van der Waals surface area contributed by atoms with Crippen molar-refractivity contribution in [3.63, 3.8) is 0 Å². The lowest BCUT2D eigenvalue weighted by Gasteiger charge is -2.24. The van der Waals surface area contributed by atoms with E-state index >= 15 is 0 Å². The first-order valence-electron chi connectivity index (χ1n) is 15.1. The molecule has 1 atom stereocenters. The molecular weight excluding hydrogens is 595 g/mol. The topological polar surface area (TPSA) is 156 Å². The van der Waals surface area contributed by atoms with E-state index in [0.717, 1.165) is 11.6 Å². The summed E-state index contributed by atoms with van der Waals surface area (Å²) >= 11 is 0. The zero-order valence-electron chi connectivity index (χ0n) is 26.0. The van der Waals surface area contributed by atoms with Gasteiger partial charge in [0.15, 0.2) is 0 Å². The molecule has 0 saturated heterocycles. The molecule has 0 spiro atoms. The average Bonchev–Trinajstić information content (AvgIpc) is 3.72. The van der Waals surface area contributed by atoms with Gasteiger partial charge in [-0.2, -0.15) is 5.10 Å². The highest BCUT2D eigenvalue weighted by molar-refractivity contribution is 5.99. The van der Waals surface area contributed by atoms with Crippen LogP contribution < -0.4 is 20.1 Å². The number of halogens is 1. The summed E-state index contributed by atoms with van der Waals surface area (Å²) in [6, 6.07) is 11.8. The second-order valence-electron chi connectivity index (χ2n) is 11.3. The fourth-order valence-corrected chi connectivity index (χ4v) is 5.15. The first-order valence-corrected chi connectivity index (χ1v) is 15.1. The second kappa shape index (κ2) is 14.7. The van der Waals surface area contributed by atoms with Gasteiger partial charge in [0.25, 0.3) is 11.8 Å². The monoisotopic (exact) mass is 632 g/mol. The summed E-state index contributed by atoms with van der Waals surface area (Å²) in [5, 5.41) is 21.1. The average molecular weight is 633 g/mol. The van der Waals surface area contributed by atoms with Crippen molar-refractivity contribution >= 4 is 17.7 Å². The van der Waals surface area contributed by atoms with E-state index in [0.29, 0.717) is 36.5 Å². The van der Waals surface area contributed by atoms with Crippen LogP contribution in [0.4, 0.5) is 4.39 Å². The number of aromatic nitrogens is 5. The molecule has 2 aromatic heterocycles. The van der Waals surface area contributed by atoms with Gasteiger partial charge in [-0.05, 0) is 48.7 Å². The molecule has 3 heterocycles. The Labute approximate surface area is 265 Å². The van der Waals surface area contributed by atoms with E-state index in [9.17, 15) is 18.8 Å². The Kier molecular flexibility index (Phi) is 10.2. The van der Waals surface area contributed by atoms with E-state index in [1.807, 2.05) is 38.1 Å². The quantitative estimate of drug-likeness (QED) is 0.303. The molecule has 1 aliphatic heterocycles. The number of nitrogens with one attached hydrogen (secondary N) is 3. The number of carbonyl (C=O) groups is 3. The standard InChI is InChI=1S/C32H37FN8O5/c1-20(2)16-26-31(43)34-11-13-40(32(44)27-18-25(37-38-27)23-6-4-5-7-28(23)45-3)12-10-22-19-41(39-36-22)14-15-46-29-9-8-21(33)17-24(29)30(42)35-26/h4-9,17-20,26H,10-16H2,1-3H3,(H,34,43)(H,35,42)(H,37,38)/t26-/m1/s1. The number of aromatic amines is 1. The predicted octanol–water partition coefficient (Wildman–Crippen LogP) is 2.85. The van der Waals surface area contributed by atoms with Crippen molar-refractivity contribution in [1.82, 2.24) is 40.7 Å². The number of methoxy groups -OCH3 is 1. The van der Waals surface area contributed by atoms with Gasteiger partial charge >= 0.3 is 0 Å². The number of hydrogen-bond acceptors (Lipinski definition) is 8. The molecule has 3 amide bonds. The minimum atomic E-state index is -0.896. The minimum Gasteiger partial charge on any atom is -0.496 e. The first-order chi connectivity index (χ1) is 22.2. The minimum absolute atomic E-state index is 0.0224. The zero-order chi connectivity index (χ0) is 32.6. The van der Waals surface area contributed by atoms with Crippen LogP contribution in [-0.4, -0.2) is 87.2 Å². The highest BCUT2D eigenvalue weighted by Crippen LogP contribution is 2.28. The van der Waals surface area contributed by atoms with Crippen molar-refractivity contribution in [2.24, 2.45) is 5.92 Å². The van der Waals surface area contributed by atoms with Crippen LogP contribution in [0.2, 0.25) is 0 Å². The molecule has 46 heavy (non-hydrogen) atoms. The molecule has 0 saturated carbocycles. The number of benzene rings is 2. The number of rotatable bonds is 5.